The minimum Gasteiger partial charge on any atom is -0.423 e. The van der Waals surface area contributed by atoms with E-state index in [1.807, 2.05) is 0 Å². The van der Waals surface area contributed by atoms with Gasteiger partial charge in [0, 0.05) is 0 Å². The van der Waals surface area contributed by atoms with Crippen molar-refractivity contribution in [2.75, 3.05) is 6.26 Å². The van der Waals surface area contributed by atoms with E-state index in [4.69, 9.17) is 4.42 Å². The van der Waals surface area contributed by atoms with Crippen LogP contribution in [0, 0.1) is 0 Å². The Hall–Kier alpha value is -1.77. The summed E-state index contributed by atoms with van der Waals surface area (Å²) < 4.78 is 64.8. The molecule has 0 radical (unpaired) electrons. The predicted octanol–water partition coefficient (Wildman–Crippen LogP) is 1.46. The lowest BCUT2D eigenvalue weighted by Crippen LogP contribution is -2.26. The van der Waals surface area contributed by atoms with Gasteiger partial charge in [-0.2, -0.15) is 3.97 Å². The van der Waals surface area contributed by atoms with E-state index >= 15 is 0 Å². The summed E-state index contributed by atoms with van der Waals surface area (Å²) in [6.45, 7) is 0. The van der Waals surface area contributed by atoms with Crippen LogP contribution in [0.25, 0.3) is 11.1 Å². The van der Waals surface area contributed by atoms with Crippen LogP contribution in [0.5, 0.6) is 0 Å². The van der Waals surface area contributed by atoms with Crippen molar-refractivity contribution in [1.29, 1.82) is 0 Å². The molecule has 0 saturated heterocycles. The van der Waals surface area contributed by atoms with Crippen LogP contribution in [0.3, 0.4) is 0 Å². The van der Waals surface area contributed by atoms with Crippen molar-refractivity contribution in [3.8, 4) is 0 Å². The number of rotatable bonds is 1. The van der Waals surface area contributed by atoms with Gasteiger partial charge in [-0.3, -0.25) is 0 Å². The SMILES string of the molecule is CS(=O)(=O)n1/c(=N\C(F)(F)F)oc2ccccc21. The summed E-state index contributed by atoms with van der Waals surface area (Å²) in [4.78, 5) is 2.31. The Morgan fingerprint density at radius 3 is 2.44 bits per heavy atom. The molecular weight excluding hydrogens is 273 g/mol. The molecule has 2 aromatic rings. The van der Waals surface area contributed by atoms with E-state index in [2.05, 4.69) is 4.99 Å². The minimum absolute atomic E-state index is 0.00278. The van der Waals surface area contributed by atoms with Gasteiger partial charge in [-0.15, -0.1) is 18.2 Å². The first-order valence-electron chi connectivity index (χ1n) is 4.62. The van der Waals surface area contributed by atoms with Crippen LogP contribution in [-0.2, 0) is 10.0 Å². The second kappa shape index (κ2) is 3.87. The largest absolute Gasteiger partial charge is 0.507 e. The molecular formula is C9H7F3N2O3S. The number of para-hydroxylation sites is 2. The number of oxazole rings is 1. The molecule has 2 rings (SSSR count). The summed E-state index contributed by atoms with van der Waals surface area (Å²) in [6, 6.07) is 5.68. The fourth-order valence-corrected chi connectivity index (χ4v) is 2.32. The Morgan fingerprint density at radius 2 is 1.89 bits per heavy atom. The summed E-state index contributed by atoms with van der Waals surface area (Å²) in [6.07, 6.45) is -4.15. The zero-order valence-electron chi connectivity index (χ0n) is 8.97. The van der Waals surface area contributed by atoms with Gasteiger partial charge in [0.15, 0.2) is 5.58 Å². The molecule has 18 heavy (non-hydrogen) atoms. The van der Waals surface area contributed by atoms with Gasteiger partial charge in [-0.05, 0) is 12.1 Å². The van der Waals surface area contributed by atoms with Crippen molar-refractivity contribution in [3.63, 3.8) is 0 Å². The lowest BCUT2D eigenvalue weighted by atomic mass is 10.3. The summed E-state index contributed by atoms with van der Waals surface area (Å²) in [7, 11) is -3.96. The zero-order valence-corrected chi connectivity index (χ0v) is 9.79. The number of halogens is 3. The number of alkyl halides is 3. The molecule has 0 saturated carbocycles. The first-order valence-corrected chi connectivity index (χ1v) is 6.47. The number of benzene rings is 1. The maximum absolute atomic E-state index is 12.2. The lowest BCUT2D eigenvalue weighted by Gasteiger charge is -2.00. The fraction of sp³-hybridized carbons (Fsp3) is 0.222. The van der Waals surface area contributed by atoms with Gasteiger partial charge in [0.25, 0.3) is 0 Å². The zero-order chi connectivity index (χ0) is 13.6. The van der Waals surface area contributed by atoms with Crippen molar-refractivity contribution in [2.45, 2.75) is 6.30 Å². The number of hydrogen-bond acceptors (Lipinski definition) is 4. The van der Waals surface area contributed by atoms with Gasteiger partial charge in [0.05, 0.1) is 6.26 Å². The highest BCUT2D eigenvalue weighted by Crippen LogP contribution is 2.17. The van der Waals surface area contributed by atoms with Gasteiger partial charge in [0.2, 0.25) is 10.0 Å². The van der Waals surface area contributed by atoms with Crippen LogP contribution < -0.4 is 5.68 Å². The molecule has 0 unspecified atom stereocenters. The van der Waals surface area contributed by atoms with Crippen LogP contribution in [0.15, 0.2) is 33.7 Å². The van der Waals surface area contributed by atoms with E-state index in [1.165, 1.54) is 24.3 Å². The molecule has 1 aromatic heterocycles. The van der Waals surface area contributed by atoms with Crippen LogP contribution in [0.2, 0.25) is 0 Å². The van der Waals surface area contributed by atoms with Gasteiger partial charge < -0.3 is 4.42 Å². The maximum atomic E-state index is 12.2. The summed E-state index contributed by atoms with van der Waals surface area (Å²) >= 11 is 0. The van der Waals surface area contributed by atoms with E-state index in [-0.39, 0.29) is 11.1 Å². The topological polar surface area (TPSA) is 64.6 Å². The monoisotopic (exact) mass is 280 g/mol. The van der Waals surface area contributed by atoms with E-state index < -0.39 is 22.0 Å². The molecule has 0 aliphatic carbocycles. The van der Waals surface area contributed by atoms with Crippen LogP contribution in [0.4, 0.5) is 13.2 Å². The summed E-state index contributed by atoms with van der Waals surface area (Å²) in [5, 5.41) is 0. The molecule has 9 heteroatoms. The highest BCUT2D eigenvalue weighted by Gasteiger charge is 2.28. The van der Waals surface area contributed by atoms with Crippen LogP contribution in [0.1, 0.15) is 0 Å². The number of nitrogens with zero attached hydrogens (tertiary/aromatic N) is 2. The smallest absolute Gasteiger partial charge is 0.423 e. The van der Waals surface area contributed by atoms with E-state index in [0.717, 1.165) is 6.26 Å². The molecule has 1 aromatic carbocycles. The third-order valence-corrected chi connectivity index (χ3v) is 3.03. The number of aromatic nitrogens is 1. The average Bonchev–Trinajstić information content (AvgIpc) is 2.50. The molecule has 0 spiro atoms. The molecule has 98 valence electrons. The highest BCUT2D eigenvalue weighted by molar-refractivity contribution is 7.89. The first kappa shape index (κ1) is 12.7. The molecule has 0 fully saturated rings. The Kier molecular flexibility index (Phi) is 2.73. The molecule has 0 N–H and O–H groups in total. The maximum Gasteiger partial charge on any atom is 0.507 e. The standard InChI is InChI=1S/C9H7F3N2O3S/c1-18(15,16)14-6-4-2-3-5-7(6)17-8(14)13-9(10,11)12/h2-5H,1H3/b13-8+. The Labute approximate surface area is 99.2 Å². The highest BCUT2D eigenvalue weighted by atomic mass is 32.2. The van der Waals surface area contributed by atoms with Gasteiger partial charge in [-0.1, -0.05) is 12.1 Å². The van der Waals surface area contributed by atoms with Crippen molar-refractivity contribution in [1.82, 2.24) is 3.97 Å². The lowest BCUT2D eigenvalue weighted by molar-refractivity contribution is -0.125. The molecule has 1 heterocycles. The number of hydrogen-bond donors (Lipinski definition) is 0. The quantitative estimate of drug-likeness (QED) is 0.743. The van der Waals surface area contributed by atoms with Crippen LogP contribution >= 0.6 is 0 Å². The van der Waals surface area contributed by atoms with Gasteiger partial charge >= 0.3 is 12.0 Å². The second-order valence-corrected chi connectivity index (χ2v) is 5.29. The van der Waals surface area contributed by atoms with E-state index in [0.29, 0.717) is 3.97 Å². The van der Waals surface area contributed by atoms with Crippen molar-refractivity contribution in [2.24, 2.45) is 4.99 Å². The third-order valence-electron chi connectivity index (χ3n) is 2.01. The Morgan fingerprint density at radius 1 is 1.28 bits per heavy atom. The fourth-order valence-electron chi connectivity index (χ4n) is 1.45. The molecule has 5 nitrogen and oxygen atoms in total. The molecule has 0 amide bonds. The normalized spacial score (nSPS) is 14.3. The van der Waals surface area contributed by atoms with E-state index in [1.54, 1.807) is 0 Å². The van der Waals surface area contributed by atoms with Gasteiger partial charge in [0.1, 0.15) is 5.52 Å². The Balaban J connectivity index is 2.95. The van der Waals surface area contributed by atoms with Gasteiger partial charge in [-0.25, -0.2) is 8.42 Å². The van der Waals surface area contributed by atoms with E-state index in [9.17, 15) is 21.6 Å². The molecule has 0 atom stereocenters. The third kappa shape index (κ3) is 2.40. The number of fused-ring (bicyclic) bond motifs is 1. The van der Waals surface area contributed by atoms with Crippen molar-refractivity contribution < 1.29 is 26.0 Å². The average molecular weight is 280 g/mol. The van der Waals surface area contributed by atoms with Crippen molar-refractivity contribution >= 4 is 21.1 Å². The predicted molar refractivity (Wildman–Crippen MR) is 56.1 cm³/mol. The van der Waals surface area contributed by atoms with Crippen molar-refractivity contribution in [3.05, 3.63) is 29.9 Å². The summed E-state index contributed by atoms with van der Waals surface area (Å²) in [5.41, 5.74) is -1.01. The second-order valence-electron chi connectivity index (χ2n) is 3.46. The minimum atomic E-state index is -4.92. The molecule has 0 aliphatic heterocycles. The first-order chi connectivity index (χ1) is 8.18. The van der Waals surface area contributed by atoms with Crippen LogP contribution in [-0.4, -0.2) is 24.9 Å². The molecule has 0 aliphatic rings. The Bertz CT molecular complexity index is 755. The summed E-state index contributed by atoms with van der Waals surface area (Å²) in [5.74, 6) is 0. The molecule has 0 bridgehead atoms.